The van der Waals surface area contributed by atoms with Crippen molar-refractivity contribution in [3.05, 3.63) is 28.8 Å². The summed E-state index contributed by atoms with van der Waals surface area (Å²) < 4.78 is 0. The molecule has 0 amide bonds. The maximum absolute atomic E-state index is 5.99. The maximum Gasteiger partial charge on any atom is 0.134 e. The quantitative estimate of drug-likeness (QED) is 0.607. The second-order valence-corrected chi connectivity index (χ2v) is 3.24. The molecule has 0 unspecified atom stereocenters. The molecule has 0 spiro atoms. The molecule has 0 saturated heterocycles. The molecule has 0 aliphatic heterocycles. The van der Waals surface area contributed by atoms with Crippen molar-refractivity contribution in [2.45, 2.75) is 0 Å². The van der Waals surface area contributed by atoms with Crippen molar-refractivity contribution in [1.29, 1.82) is 0 Å². The number of nitrogens with one attached hydrogen (secondary N) is 1. The Kier molecular flexibility index (Phi) is 4.12. The van der Waals surface area contributed by atoms with Crippen LogP contribution in [0.4, 0.5) is 5.69 Å². The SMILES string of the molecule is CN=CN=C(N)c1cc(NC)ccc1Cl. The van der Waals surface area contributed by atoms with E-state index in [9.17, 15) is 0 Å². The maximum atomic E-state index is 5.99. The Morgan fingerprint density at radius 3 is 2.87 bits per heavy atom. The van der Waals surface area contributed by atoms with E-state index in [-0.39, 0.29) is 0 Å². The van der Waals surface area contributed by atoms with Crippen LogP contribution in [0.1, 0.15) is 5.56 Å². The van der Waals surface area contributed by atoms with Gasteiger partial charge in [-0.15, -0.1) is 0 Å². The number of benzene rings is 1. The Bertz CT molecular complexity index is 398. The molecule has 1 aromatic rings. The molecule has 80 valence electrons. The van der Waals surface area contributed by atoms with Crippen LogP contribution in [0.25, 0.3) is 0 Å². The van der Waals surface area contributed by atoms with Gasteiger partial charge in [-0.25, -0.2) is 4.99 Å². The Morgan fingerprint density at radius 1 is 1.53 bits per heavy atom. The average molecular weight is 225 g/mol. The number of anilines is 1. The van der Waals surface area contributed by atoms with Crippen LogP contribution in [0.5, 0.6) is 0 Å². The van der Waals surface area contributed by atoms with Gasteiger partial charge in [-0.3, -0.25) is 4.99 Å². The Labute approximate surface area is 93.9 Å². The summed E-state index contributed by atoms with van der Waals surface area (Å²) in [6.45, 7) is 0. The van der Waals surface area contributed by atoms with E-state index in [0.717, 1.165) is 5.69 Å². The molecule has 0 aliphatic carbocycles. The Balaban J connectivity index is 3.11. The van der Waals surface area contributed by atoms with Crippen LogP contribution in [0, 0.1) is 0 Å². The molecule has 0 atom stereocenters. The van der Waals surface area contributed by atoms with E-state index < -0.39 is 0 Å². The Hall–Kier alpha value is -1.55. The van der Waals surface area contributed by atoms with Gasteiger partial charge in [0.25, 0.3) is 0 Å². The lowest BCUT2D eigenvalue weighted by atomic mass is 10.2. The number of amidine groups is 1. The number of rotatable bonds is 3. The van der Waals surface area contributed by atoms with E-state index in [1.807, 2.05) is 19.2 Å². The highest BCUT2D eigenvalue weighted by Crippen LogP contribution is 2.19. The van der Waals surface area contributed by atoms with Gasteiger partial charge in [0.15, 0.2) is 0 Å². The fourth-order valence-corrected chi connectivity index (χ4v) is 1.28. The highest BCUT2D eigenvalue weighted by atomic mass is 35.5. The first-order valence-corrected chi connectivity index (χ1v) is 4.78. The first-order valence-electron chi connectivity index (χ1n) is 4.40. The van der Waals surface area contributed by atoms with Crippen molar-refractivity contribution in [2.75, 3.05) is 19.4 Å². The molecule has 15 heavy (non-hydrogen) atoms. The highest BCUT2D eigenvalue weighted by Gasteiger charge is 2.04. The van der Waals surface area contributed by atoms with E-state index in [4.69, 9.17) is 17.3 Å². The van der Waals surface area contributed by atoms with Gasteiger partial charge >= 0.3 is 0 Å². The Morgan fingerprint density at radius 2 is 2.27 bits per heavy atom. The minimum atomic E-state index is 0.350. The highest BCUT2D eigenvalue weighted by molar-refractivity contribution is 6.34. The summed E-state index contributed by atoms with van der Waals surface area (Å²) in [6.07, 6.45) is 1.39. The molecule has 0 heterocycles. The molecule has 0 radical (unpaired) electrons. The van der Waals surface area contributed by atoms with E-state index in [1.165, 1.54) is 6.34 Å². The lowest BCUT2D eigenvalue weighted by molar-refractivity contribution is 1.43. The van der Waals surface area contributed by atoms with Crippen LogP contribution < -0.4 is 11.1 Å². The van der Waals surface area contributed by atoms with E-state index >= 15 is 0 Å². The first kappa shape index (κ1) is 11.5. The van der Waals surface area contributed by atoms with Crippen molar-refractivity contribution in [2.24, 2.45) is 15.7 Å². The molecule has 0 aromatic heterocycles. The number of hydrogen-bond donors (Lipinski definition) is 2. The summed E-state index contributed by atoms with van der Waals surface area (Å²) in [5.74, 6) is 0.350. The van der Waals surface area contributed by atoms with Crippen LogP contribution in [-0.2, 0) is 0 Å². The van der Waals surface area contributed by atoms with Gasteiger partial charge in [0.05, 0.1) is 5.02 Å². The molecule has 0 fully saturated rings. The average Bonchev–Trinajstić information content (AvgIpc) is 2.26. The number of nitrogens with zero attached hydrogens (tertiary/aromatic N) is 2. The predicted molar refractivity (Wildman–Crippen MR) is 66.1 cm³/mol. The predicted octanol–water partition coefficient (Wildman–Crippen LogP) is 1.75. The van der Waals surface area contributed by atoms with Gasteiger partial charge in [-0.2, -0.15) is 0 Å². The normalized spacial score (nSPS) is 12.1. The standard InChI is InChI=1S/C10H13ClN4/c1-13-6-15-10(12)8-5-7(14-2)3-4-9(8)11/h3-6,14H,1-2H3,(H2,12,13,15). The molecular weight excluding hydrogens is 212 g/mol. The summed E-state index contributed by atoms with van der Waals surface area (Å²) in [7, 11) is 3.45. The van der Waals surface area contributed by atoms with E-state index in [0.29, 0.717) is 16.4 Å². The minimum Gasteiger partial charge on any atom is -0.388 e. The number of nitrogens with two attached hydrogens (primary N) is 1. The minimum absolute atomic E-state index is 0.350. The molecular formula is C10H13ClN4. The zero-order valence-electron chi connectivity index (χ0n) is 8.66. The van der Waals surface area contributed by atoms with Crippen molar-refractivity contribution < 1.29 is 0 Å². The topological polar surface area (TPSA) is 62.8 Å². The van der Waals surface area contributed by atoms with Crippen molar-refractivity contribution in [3.8, 4) is 0 Å². The smallest absolute Gasteiger partial charge is 0.134 e. The van der Waals surface area contributed by atoms with E-state index in [2.05, 4.69) is 15.3 Å². The fourth-order valence-electron chi connectivity index (χ4n) is 1.07. The number of aliphatic imine (C=N–C) groups is 2. The van der Waals surface area contributed by atoms with Crippen molar-refractivity contribution in [3.63, 3.8) is 0 Å². The summed E-state index contributed by atoms with van der Waals surface area (Å²) in [4.78, 5) is 7.66. The third-order valence-electron chi connectivity index (χ3n) is 1.84. The van der Waals surface area contributed by atoms with Crippen LogP contribution in [0.2, 0.25) is 5.02 Å². The number of hydrogen-bond acceptors (Lipinski definition) is 2. The van der Waals surface area contributed by atoms with Crippen LogP contribution in [0.15, 0.2) is 28.2 Å². The number of halogens is 1. The second kappa shape index (κ2) is 5.36. The molecule has 1 rings (SSSR count). The third-order valence-corrected chi connectivity index (χ3v) is 2.17. The zero-order chi connectivity index (χ0) is 11.3. The van der Waals surface area contributed by atoms with Gasteiger partial charge in [0.1, 0.15) is 12.2 Å². The summed E-state index contributed by atoms with van der Waals surface area (Å²) in [5, 5.41) is 3.57. The van der Waals surface area contributed by atoms with Crippen LogP contribution >= 0.6 is 11.6 Å². The van der Waals surface area contributed by atoms with Gasteiger partial charge in [0, 0.05) is 25.3 Å². The lowest BCUT2D eigenvalue weighted by Gasteiger charge is -2.06. The van der Waals surface area contributed by atoms with Crippen molar-refractivity contribution in [1.82, 2.24) is 0 Å². The van der Waals surface area contributed by atoms with Crippen LogP contribution in [-0.4, -0.2) is 26.3 Å². The molecule has 0 bridgehead atoms. The van der Waals surface area contributed by atoms with Gasteiger partial charge < -0.3 is 11.1 Å². The van der Waals surface area contributed by atoms with Crippen molar-refractivity contribution >= 4 is 29.5 Å². The summed E-state index contributed by atoms with van der Waals surface area (Å²) in [6, 6.07) is 5.48. The first-order chi connectivity index (χ1) is 7.19. The monoisotopic (exact) mass is 224 g/mol. The molecule has 0 saturated carbocycles. The fraction of sp³-hybridized carbons (Fsp3) is 0.200. The molecule has 3 N–H and O–H groups in total. The van der Waals surface area contributed by atoms with Crippen LogP contribution in [0.3, 0.4) is 0 Å². The van der Waals surface area contributed by atoms with E-state index in [1.54, 1.807) is 13.1 Å². The molecule has 1 aromatic carbocycles. The van der Waals surface area contributed by atoms with Gasteiger partial charge in [-0.1, -0.05) is 11.6 Å². The molecule has 4 nitrogen and oxygen atoms in total. The lowest BCUT2D eigenvalue weighted by Crippen LogP contribution is -2.14. The zero-order valence-corrected chi connectivity index (χ0v) is 9.42. The largest absolute Gasteiger partial charge is 0.388 e. The second-order valence-electron chi connectivity index (χ2n) is 2.83. The van der Waals surface area contributed by atoms with Gasteiger partial charge in [-0.05, 0) is 18.2 Å². The summed E-state index contributed by atoms with van der Waals surface area (Å²) >= 11 is 5.99. The van der Waals surface area contributed by atoms with Gasteiger partial charge in [0.2, 0.25) is 0 Å². The summed E-state index contributed by atoms with van der Waals surface area (Å²) in [5.41, 5.74) is 7.38. The molecule has 0 aliphatic rings. The third kappa shape index (κ3) is 2.95. The molecule has 5 heteroatoms.